The molecule has 0 atom stereocenters. The lowest BCUT2D eigenvalue weighted by atomic mass is 10.1. The Balaban J connectivity index is 2.07. The lowest BCUT2D eigenvalue weighted by molar-refractivity contribution is -0.387. The summed E-state index contributed by atoms with van der Waals surface area (Å²) in [6.07, 6.45) is 0. The quantitative estimate of drug-likeness (QED) is 0.652. The fraction of sp³-hybridized carbons (Fsp3) is 0.0714. The molecule has 21 heavy (non-hydrogen) atoms. The minimum absolute atomic E-state index is 0.377. The summed E-state index contributed by atoms with van der Waals surface area (Å²) in [5.41, 5.74) is 6.24. The van der Waals surface area contributed by atoms with Crippen LogP contribution in [0.2, 0.25) is 0 Å². The number of anilines is 1. The van der Waals surface area contributed by atoms with Crippen LogP contribution in [0, 0.1) is 15.9 Å². The maximum atomic E-state index is 13.2. The molecule has 2 aromatic carbocycles. The number of nitro benzene ring substituents is 1. The number of carbonyl (C=O) groups excluding carboxylic acids is 1. The van der Waals surface area contributed by atoms with Gasteiger partial charge < -0.3 is 11.1 Å². The minimum atomic E-state index is -0.878. The monoisotopic (exact) mass is 289 g/mol. The summed E-state index contributed by atoms with van der Waals surface area (Å²) < 4.78 is 13.2. The topological polar surface area (TPSA) is 98.3 Å². The van der Waals surface area contributed by atoms with E-state index in [-0.39, 0.29) is 0 Å². The van der Waals surface area contributed by atoms with Crippen LogP contribution in [0.25, 0.3) is 0 Å². The highest BCUT2D eigenvalue weighted by molar-refractivity contribution is 5.92. The predicted octanol–water partition coefficient (Wildman–Crippen LogP) is 2.44. The Labute approximate surface area is 119 Å². The van der Waals surface area contributed by atoms with E-state index in [0.717, 1.165) is 17.7 Å². The number of amides is 1. The summed E-state index contributed by atoms with van der Waals surface area (Å²) in [4.78, 5) is 20.8. The standard InChI is InChI=1S/C14H12FN3O3/c15-12-6-5-11(7-13(12)18(20)21)17-8-9-1-3-10(4-2-9)14(16)19/h1-7,17H,8H2,(H2,16,19). The van der Waals surface area contributed by atoms with Crippen molar-refractivity contribution in [2.24, 2.45) is 5.73 Å². The fourth-order valence-corrected chi connectivity index (χ4v) is 1.75. The highest BCUT2D eigenvalue weighted by Gasteiger charge is 2.14. The number of nitrogens with zero attached hydrogens (tertiary/aromatic N) is 1. The van der Waals surface area contributed by atoms with E-state index in [0.29, 0.717) is 17.8 Å². The second kappa shape index (κ2) is 6.00. The van der Waals surface area contributed by atoms with Crippen LogP contribution in [0.5, 0.6) is 0 Å². The lowest BCUT2D eigenvalue weighted by Crippen LogP contribution is -2.10. The molecule has 0 radical (unpaired) electrons. The number of halogens is 1. The fourth-order valence-electron chi connectivity index (χ4n) is 1.75. The molecular weight excluding hydrogens is 277 g/mol. The molecular formula is C14H12FN3O3. The van der Waals surface area contributed by atoms with E-state index >= 15 is 0 Å². The third-order valence-electron chi connectivity index (χ3n) is 2.88. The molecule has 2 rings (SSSR count). The first-order valence-corrected chi connectivity index (χ1v) is 6.04. The van der Waals surface area contributed by atoms with Gasteiger partial charge >= 0.3 is 5.69 Å². The summed E-state index contributed by atoms with van der Waals surface area (Å²) in [6, 6.07) is 10.2. The van der Waals surface area contributed by atoms with Crippen molar-refractivity contribution in [2.75, 3.05) is 5.32 Å². The van der Waals surface area contributed by atoms with Gasteiger partial charge in [0.25, 0.3) is 0 Å². The van der Waals surface area contributed by atoms with E-state index in [2.05, 4.69) is 5.32 Å². The Kier molecular flexibility index (Phi) is 4.13. The molecule has 0 fully saturated rings. The van der Waals surface area contributed by atoms with Gasteiger partial charge in [0.2, 0.25) is 11.7 Å². The van der Waals surface area contributed by atoms with Crippen molar-refractivity contribution in [3.8, 4) is 0 Å². The van der Waals surface area contributed by atoms with Gasteiger partial charge in [-0.3, -0.25) is 14.9 Å². The summed E-state index contributed by atoms with van der Waals surface area (Å²) in [6.45, 7) is 0.377. The van der Waals surface area contributed by atoms with Crippen molar-refractivity contribution < 1.29 is 14.1 Å². The van der Waals surface area contributed by atoms with Crippen LogP contribution < -0.4 is 11.1 Å². The highest BCUT2D eigenvalue weighted by atomic mass is 19.1. The van der Waals surface area contributed by atoms with Gasteiger partial charge in [-0.25, -0.2) is 0 Å². The van der Waals surface area contributed by atoms with Crippen LogP contribution in [0.4, 0.5) is 15.8 Å². The van der Waals surface area contributed by atoms with Gasteiger partial charge in [-0.1, -0.05) is 12.1 Å². The third kappa shape index (κ3) is 3.53. The van der Waals surface area contributed by atoms with E-state index in [4.69, 9.17) is 5.73 Å². The highest BCUT2D eigenvalue weighted by Crippen LogP contribution is 2.22. The number of hydrogen-bond donors (Lipinski definition) is 2. The molecule has 7 heteroatoms. The first-order chi connectivity index (χ1) is 9.97. The van der Waals surface area contributed by atoms with Gasteiger partial charge in [-0.05, 0) is 29.8 Å². The average molecular weight is 289 g/mol. The van der Waals surface area contributed by atoms with Crippen LogP contribution in [0.3, 0.4) is 0 Å². The number of nitro groups is 1. The first kappa shape index (κ1) is 14.4. The van der Waals surface area contributed by atoms with Crippen LogP contribution in [0.1, 0.15) is 15.9 Å². The maximum Gasteiger partial charge on any atom is 0.306 e. The number of carbonyl (C=O) groups is 1. The van der Waals surface area contributed by atoms with Gasteiger partial charge in [-0.15, -0.1) is 0 Å². The first-order valence-electron chi connectivity index (χ1n) is 6.04. The number of primary amides is 1. The van der Waals surface area contributed by atoms with Crippen LogP contribution in [0.15, 0.2) is 42.5 Å². The number of rotatable bonds is 5. The lowest BCUT2D eigenvalue weighted by Gasteiger charge is -2.07. The molecule has 0 bridgehead atoms. The van der Waals surface area contributed by atoms with Crippen molar-refractivity contribution in [1.82, 2.24) is 0 Å². The molecule has 108 valence electrons. The number of hydrogen-bond acceptors (Lipinski definition) is 4. The van der Waals surface area contributed by atoms with Crippen molar-refractivity contribution in [1.29, 1.82) is 0 Å². The van der Waals surface area contributed by atoms with Gasteiger partial charge in [0.1, 0.15) is 0 Å². The van der Waals surface area contributed by atoms with E-state index in [1.807, 2.05) is 0 Å². The van der Waals surface area contributed by atoms with Gasteiger partial charge in [0.15, 0.2) is 0 Å². The van der Waals surface area contributed by atoms with E-state index in [9.17, 15) is 19.3 Å². The maximum absolute atomic E-state index is 13.2. The Bertz CT molecular complexity index is 686. The molecule has 0 aliphatic carbocycles. The van der Waals surface area contributed by atoms with Crippen molar-refractivity contribution in [2.45, 2.75) is 6.54 Å². The van der Waals surface area contributed by atoms with E-state index in [1.54, 1.807) is 24.3 Å². The largest absolute Gasteiger partial charge is 0.381 e. The Hall–Kier alpha value is -2.96. The second-order valence-corrected chi connectivity index (χ2v) is 4.34. The average Bonchev–Trinajstić information content (AvgIpc) is 2.46. The van der Waals surface area contributed by atoms with Gasteiger partial charge in [0, 0.05) is 23.9 Å². The van der Waals surface area contributed by atoms with Gasteiger partial charge in [0.05, 0.1) is 4.92 Å². The molecule has 2 aromatic rings. The minimum Gasteiger partial charge on any atom is -0.381 e. The number of benzene rings is 2. The zero-order valence-corrected chi connectivity index (χ0v) is 10.9. The van der Waals surface area contributed by atoms with E-state index in [1.165, 1.54) is 6.07 Å². The zero-order chi connectivity index (χ0) is 15.4. The third-order valence-corrected chi connectivity index (χ3v) is 2.88. The normalized spacial score (nSPS) is 10.1. The summed E-state index contributed by atoms with van der Waals surface area (Å²) in [5, 5.41) is 13.6. The number of nitrogens with two attached hydrogens (primary N) is 1. The number of nitrogens with one attached hydrogen (secondary N) is 1. The van der Waals surface area contributed by atoms with Gasteiger partial charge in [-0.2, -0.15) is 4.39 Å². The van der Waals surface area contributed by atoms with Crippen molar-refractivity contribution >= 4 is 17.3 Å². The molecule has 0 saturated carbocycles. The van der Waals surface area contributed by atoms with E-state index < -0.39 is 22.3 Å². The molecule has 6 nitrogen and oxygen atoms in total. The van der Waals surface area contributed by atoms with Crippen LogP contribution in [-0.4, -0.2) is 10.8 Å². The Morgan fingerprint density at radius 3 is 2.48 bits per heavy atom. The SMILES string of the molecule is NC(=O)c1ccc(CNc2ccc(F)c([N+](=O)[O-])c2)cc1. The second-order valence-electron chi connectivity index (χ2n) is 4.34. The molecule has 0 saturated heterocycles. The molecule has 3 N–H and O–H groups in total. The Morgan fingerprint density at radius 1 is 1.24 bits per heavy atom. The summed E-state index contributed by atoms with van der Waals surface area (Å²) in [5.74, 6) is -1.39. The zero-order valence-electron chi connectivity index (χ0n) is 10.9. The molecule has 0 aromatic heterocycles. The predicted molar refractivity (Wildman–Crippen MR) is 75.3 cm³/mol. The van der Waals surface area contributed by atoms with Crippen molar-refractivity contribution in [3.05, 3.63) is 69.5 Å². The molecule has 0 spiro atoms. The molecule has 0 aliphatic rings. The van der Waals surface area contributed by atoms with Crippen molar-refractivity contribution in [3.63, 3.8) is 0 Å². The van der Waals surface area contributed by atoms with Crippen LogP contribution >= 0.6 is 0 Å². The molecule has 1 amide bonds. The molecule has 0 unspecified atom stereocenters. The smallest absolute Gasteiger partial charge is 0.306 e. The van der Waals surface area contributed by atoms with Crippen LogP contribution in [-0.2, 0) is 6.54 Å². The summed E-state index contributed by atoms with van der Waals surface area (Å²) in [7, 11) is 0. The molecule has 0 aliphatic heterocycles. The Morgan fingerprint density at radius 2 is 1.90 bits per heavy atom. The summed E-state index contributed by atoms with van der Waals surface area (Å²) >= 11 is 0. The molecule has 0 heterocycles.